The first-order valence-electron chi connectivity index (χ1n) is 5.53. The largest absolute Gasteiger partial charge is 0.481 e. The Balaban J connectivity index is 2.32. The molecule has 1 aliphatic rings. The van der Waals surface area contributed by atoms with E-state index in [1.807, 2.05) is 19.1 Å². The Labute approximate surface area is 100 Å². The van der Waals surface area contributed by atoms with Crippen molar-refractivity contribution < 1.29 is 19.4 Å². The quantitative estimate of drug-likeness (QED) is 0.875. The van der Waals surface area contributed by atoms with Crippen molar-refractivity contribution in [3.8, 4) is 11.5 Å². The zero-order valence-electron chi connectivity index (χ0n) is 10.2. The van der Waals surface area contributed by atoms with Crippen LogP contribution in [0.3, 0.4) is 0 Å². The maximum Gasteiger partial charge on any atom is 0.309 e. The van der Waals surface area contributed by atoms with Crippen LogP contribution in [0.2, 0.25) is 0 Å². The Hall–Kier alpha value is -1.71. The summed E-state index contributed by atoms with van der Waals surface area (Å²) in [6.07, 6.45) is 0.477. The normalized spacial score (nSPS) is 13.8. The van der Waals surface area contributed by atoms with E-state index in [1.165, 1.54) is 0 Å². The van der Waals surface area contributed by atoms with E-state index in [4.69, 9.17) is 14.6 Å². The number of hydrogen-bond donors (Lipinski definition) is 1. The first kappa shape index (κ1) is 11.8. The Morgan fingerprint density at radius 3 is 2.76 bits per heavy atom. The van der Waals surface area contributed by atoms with Gasteiger partial charge < -0.3 is 14.6 Å². The number of carboxylic acids is 1. The third-order valence-corrected chi connectivity index (χ3v) is 3.11. The van der Waals surface area contributed by atoms with Gasteiger partial charge >= 0.3 is 5.97 Å². The monoisotopic (exact) mass is 236 g/mol. The maximum absolute atomic E-state index is 11.1. The Morgan fingerprint density at radius 1 is 1.41 bits per heavy atom. The average Bonchev–Trinajstić information content (AvgIpc) is 2.70. The topological polar surface area (TPSA) is 55.8 Å². The SMILES string of the molecule is Cc1c(CC(C)(C)C(=O)O)ccc2c1OCO2. The van der Waals surface area contributed by atoms with Crippen molar-refractivity contribution in [1.82, 2.24) is 0 Å². The predicted octanol–water partition coefficient (Wildman–Crippen LogP) is 2.38. The van der Waals surface area contributed by atoms with E-state index in [0.717, 1.165) is 22.6 Å². The predicted molar refractivity (Wildman–Crippen MR) is 62.4 cm³/mol. The van der Waals surface area contributed by atoms with Crippen LogP contribution in [-0.2, 0) is 11.2 Å². The van der Waals surface area contributed by atoms with E-state index in [2.05, 4.69) is 0 Å². The standard InChI is InChI=1S/C13H16O4/c1-8-9(6-13(2,3)12(14)15)4-5-10-11(8)17-7-16-10/h4-5H,6-7H2,1-3H3,(H,14,15). The molecule has 0 radical (unpaired) electrons. The van der Waals surface area contributed by atoms with Crippen molar-refractivity contribution in [2.75, 3.05) is 6.79 Å². The molecule has 0 aliphatic carbocycles. The lowest BCUT2D eigenvalue weighted by molar-refractivity contribution is -0.146. The molecule has 4 heteroatoms. The van der Waals surface area contributed by atoms with E-state index in [0.29, 0.717) is 6.42 Å². The van der Waals surface area contributed by atoms with Gasteiger partial charge in [-0.1, -0.05) is 6.07 Å². The summed E-state index contributed by atoms with van der Waals surface area (Å²) in [4.78, 5) is 11.1. The van der Waals surface area contributed by atoms with Crippen molar-refractivity contribution in [3.05, 3.63) is 23.3 Å². The molecule has 17 heavy (non-hydrogen) atoms. The highest BCUT2D eigenvalue weighted by atomic mass is 16.7. The van der Waals surface area contributed by atoms with E-state index < -0.39 is 11.4 Å². The third kappa shape index (κ3) is 2.07. The van der Waals surface area contributed by atoms with Crippen LogP contribution in [0, 0.1) is 12.3 Å². The van der Waals surface area contributed by atoms with Gasteiger partial charge in [-0.25, -0.2) is 0 Å². The molecule has 0 saturated heterocycles. The van der Waals surface area contributed by atoms with Crippen molar-refractivity contribution in [2.45, 2.75) is 27.2 Å². The molecule has 1 heterocycles. The summed E-state index contributed by atoms with van der Waals surface area (Å²) in [7, 11) is 0. The molecule has 1 aliphatic heterocycles. The summed E-state index contributed by atoms with van der Waals surface area (Å²) in [5, 5.41) is 9.13. The molecule has 0 fully saturated rings. The van der Waals surface area contributed by atoms with Crippen molar-refractivity contribution in [2.24, 2.45) is 5.41 Å². The summed E-state index contributed by atoms with van der Waals surface area (Å²) in [5.74, 6) is 0.678. The van der Waals surface area contributed by atoms with Crippen LogP contribution in [0.25, 0.3) is 0 Å². The molecule has 1 aromatic carbocycles. The van der Waals surface area contributed by atoms with E-state index in [1.54, 1.807) is 13.8 Å². The first-order valence-corrected chi connectivity index (χ1v) is 5.53. The average molecular weight is 236 g/mol. The fourth-order valence-corrected chi connectivity index (χ4v) is 1.90. The third-order valence-electron chi connectivity index (χ3n) is 3.11. The van der Waals surface area contributed by atoms with E-state index >= 15 is 0 Å². The number of aliphatic carboxylic acids is 1. The zero-order valence-corrected chi connectivity index (χ0v) is 10.2. The van der Waals surface area contributed by atoms with Crippen LogP contribution < -0.4 is 9.47 Å². The highest BCUT2D eigenvalue weighted by Crippen LogP contribution is 2.38. The van der Waals surface area contributed by atoms with E-state index in [-0.39, 0.29) is 6.79 Å². The van der Waals surface area contributed by atoms with Crippen molar-refractivity contribution in [1.29, 1.82) is 0 Å². The van der Waals surface area contributed by atoms with Gasteiger partial charge in [0.2, 0.25) is 6.79 Å². The van der Waals surface area contributed by atoms with Gasteiger partial charge in [0.05, 0.1) is 5.41 Å². The van der Waals surface area contributed by atoms with Crippen LogP contribution >= 0.6 is 0 Å². The molecule has 0 spiro atoms. The van der Waals surface area contributed by atoms with Crippen molar-refractivity contribution in [3.63, 3.8) is 0 Å². The molecule has 1 N–H and O–H groups in total. The Morgan fingerprint density at radius 2 is 2.12 bits per heavy atom. The Kier molecular flexibility index (Phi) is 2.73. The minimum absolute atomic E-state index is 0.238. The highest BCUT2D eigenvalue weighted by molar-refractivity contribution is 5.74. The lowest BCUT2D eigenvalue weighted by Crippen LogP contribution is -2.26. The number of hydrogen-bond acceptors (Lipinski definition) is 3. The molecule has 0 atom stereocenters. The highest BCUT2D eigenvalue weighted by Gasteiger charge is 2.29. The van der Waals surface area contributed by atoms with Crippen molar-refractivity contribution >= 4 is 5.97 Å². The molecule has 0 aromatic heterocycles. The second-order valence-corrected chi connectivity index (χ2v) is 4.95. The number of carboxylic acid groups (broad SMARTS) is 1. The summed E-state index contributed by atoms with van der Waals surface area (Å²) >= 11 is 0. The summed E-state index contributed by atoms with van der Waals surface area (Å²) in [6.45, 7) is 5.61. The van der Waals surface area contributed by atoms with Gasteiger partial charge in [0.1, 0.15) is 0 Å². The molecule has 2 rings (SSSR count). The minimum atomic E-state index is -0.797. The molecule has 0 saturated carbocycles. The molecule has 4 nitrogen and oxygen atoms in total. The molecule has 92 valence electrons. The molecular weight excluding hydrogens is 220 g/mol. The molecule has 0 unspecified atom stereocenters. The maximum atomic E-state index is 11.1. The van der Waals surface area contributed by atoms with Crippen LogP contribution in [0.5, 0.6) is 11.5 Å². The molecule has 1 aromatic rings. The van der Waals surface area contributed by atoms with Gasteiger partial charge in [0.15, 0.2) is 11.5 Å². The smallest absolute Gasteiger partial charge is 0.309 e. The fraction of sp³-hybridized carbons (Fsp3) is 0.462. The van der Waals surface area contributed by atoms with Gasteiger partial charge in [0.25, 0.3) is 0 Å². The number of carbonyl (C=O) groups is 1. The molecular formula is C13H16O4. The van der Waals surface area contributed by atoms with Gasteiger partial charge in [-0.2, -0.15) is 0 Å². The van der Waals surface area contributed by atoms with Gasteiger partial charge in [-0.3, -0.25) is 4.79 Å². The fourth-order valence-electron chi connectivity index (χ4n) is 1.90. The van der Waals surface area contributed by atoms with Gasteiger partial charge in [0, 0.05) is 0 Å². The van der Waals surface area contributed by atoms with Gasteiger partial charge in [-0.15, -0.1) is 0 Å². The zero-order chi connectivity index (χ0) is 12.6. The number of benzene rings is 1. The van der Waals surface area contributed by atoms with Crippen LogP contribution in [0.15, 0.2) is 12.1 Å². The van der Waals surface area contributed by atoms with E-state index in [9.17, 15) is 4.79 Å². The van der Waals surface area contributed by atoms with Crippen LogP contribution in [0.1, 0.15) is 25.0 Å². The summed E-state index contributed by atoms with van der Waals surface area (Å²) in [5.41, 5.74) is 1.18. The molecule has 0 amide bonds. The van der Waals surface area contributed by atoms with Crippen LogP contribution in [0.4, 0.5) is 0 Å². The lowest BCUT2D eigenvalue weighted by atomic mass is 9.84. The number of fused-ring (bicyclic) bond motifs is 1. The van der Waals surface area contributed by atoms with Gasteiger partial charge in [-0.05, 0) is 44.4 Å². The Bertz CT molecular complexity index is 463. The second-order valence-electron chi connectivity index (χ2n) is 4.95. The first-order chi connectivity index (χ1) is 7.92. The second kappa shape index (κ2) is 3.95. The lowest BCUT2D eigenvalue weighted by Gasteiger charge is -2.20. The summed E-state index contributed by atoms with van der Waals surface area (Å²) < 4.78 is 10.6. The molecule has 0 bridgehead atoms. The number of ether oxygens (including phenoxy) is 2. The minimum Gasteiger partial charge on any atom is -0.481 e. The summed E-state index contributed by atoms with van der Waals surface area (Å²) in [6, 6.07) is 3.75. The number of rotatable bonds is 3. The van der Waals surface area contributed by atoms with Crippen LogP contribution in [-0.4, -0.2) is 17.9 Å².